The number of hydrogen-bond donors (Lipinski definition) is 2. The number of carbonyl (C=O) groups is 1. The molecule has 0 saturated heterocycles. The molecule has 0 aromatic heterocycles. The molecule has 0 fully saturated rings. The molecule has 1 unspecified atom stereocenters. The Kier molecular flexibility index (Phi) is 6.70. The van der Waals surface area contributed by atoms with Crippen molar-refractivity contribution >= 4 is 27.9 Å². The van der Waals surface area contributed by atoms with Gasteiger partial charge in [-0.15, -0.1) is 11.6 Å². The van der Waals surface area contributed by atoms with Gasteiger partial charge < -0.3 is 4.74 Å². The van der Waals surface area contributed by atoms with E-state index in [0.717, 1.165) is 0 Å². The Morgan fingerprint density at radius 1 is 1.44 bits per heavy atom. The molecule has 0 aromatic rings. The number of alkyl halides is 1. The van der Waals surface area contributed by atoms with Gasteiger partial charge in [0.1, 0.15) is 0 Å². The van der Waals surface area contributed by atoms with Crippen molar-refractivity contribution < 1.29 is 17.9 Å². The van der Waals surface area contributed by atoms with E-state index in [2.05, 4.69) is 9.46 Å². The summed E-state index contributed by atoms with van der Waals surface area (Å²) in [6.45, 7) is 5.12. The standard InChI is InChI=1S/C8H17ClN2O4S/c1-4-7(9)5-10-16(13,14)11-8(12)15-6(2)3/h6-7,10H,4-5H2,1-3H3,(H,11,12). The number of ether oxygens (including phenoxy) is 1. The van der Waals surface area contributed by atoms with Crippen LogP contribution in [-0.2, 0) is 14.9 Å². The second-order valence-corrected chi connectivity index (χ2v) is 5.53. The van der Waals surface area contributed by atoms with E-state index in [1.807, 2.05) is 6.92 Å². The van der Waals surface area contributed by atoms with E-state index in [9.17, 15) is 13.2 Å². The maximum Gasteiger partial charge on any atom is 0.422 e. The highest BCUT2D eigenvalue weighted by Crippen LogP contribution is 1.99. The molecule has 8 heteroatoms. The average Bonchev–Trinajstić information content (AvgIpc) is 2.11. The fourth-order valence-corrected chi connectivity index (χ4v) is 1.66. The second-order valence-electron chi connectivity index (χ2n) is 3.41. The first kappa shape index (κ1) is 15.5. The molecule has 0 spiro atoms. The lowest BCUT2D eigenvalue weighted by Gasteiger charge is -2.12. The largest absolute Gasteiger partial charge is 0.446 e. The second kappa shape index (κ2) is 6.93. The van der Waals surface area contributed by atoms with Crippen LogP contribution in [0.3, 0.4) is 0 Å². The molecular formula is C8H17ClN2O4S. The molecule has 16 heavy (non-hydrogen) atoms. The minimum absolute atomic E-state index is 0.0579. The minimum Gasteiger partial charge on any atom is -0.446 e. The zero-order valence-electron chi connectivity index (χ0n) is 9.49. The van der Waals surface area contributed by atoms with E-state index in [0.29, 0.717) is 6.42 Å². The summed E-state index contributed by atoms with van der Waals surface area (Å²) in [7, 11) is -3.89. The van der Waals surface area contributed by atoms with E-state index in [1.165, 1.54) is 0 Å². The van der Waals surface area contributed by atoms with E-state index >= 15 is 0 Å². The summed E-state index contributed by atoms with van der Waals surface area (Å²) < 4.78 is 31.0. The van der Waals surface area contributed by atoms with E-state index < -0.39 is 16.3 Å². The highest BCUT2D eigenvalue weighted by Gasteiger charge is 2.16. The first-order valence-corrected chi connectivity index (χ1v) is 6.81. The zero-order chi connectivity index (χ0) is 12.8. The smallest absolute Gasteiger partial charge is 0.422 e. The normalized spacial score (nSPS) is 13.6. The summed E-state index contributed by atoms with van der Waals surface area (Å²) in [5.74, 6) is 0. The summed E-state index contributed by atoms with van der Waals surface area (Å²) in [6.07, 6.45) is -0.766. The van der Waals surface area contributed by atoms with Gasteiger partial charge in [0.25, 0.3) is 0 Å². The Morgan fingerprint density at radius 3 is 2.44 bits per heavy atom. The third-order valence-electron chi connectivity index (χ3n) is 1.50. The molecule has 1 amide bonds. The summed E-state index contributed by atoms with van der Waals surface area (Å²) in [5.41, 5.74) is 0. The van der Waals surface area contributed by atoms with Gasteiger partial charge in [-0.25, -0.2) is 9.52 Å². The third-order valence-corrected chi connectivity index (χ3v) is 2.94. The lowest BCUT2D eigenvalue weighted by molar-refractivity contribution is 0.121. The van der Waals surface area contributed by atoms with Crippen LogP contribution in [0.2, 0.25) is 0 Å². The van der Waals surface area contributed by atoms with Gasteiger partial charge in [0.2, 0.25) is 0 Å². The van der Waals surface area contributed by atoms with E-state index in [4.69, 9.17) is 11.6 Å². The van der Waals surface area contributed by atoms with Crippen LogP contribution in [0.4, 0.5) is 4.79 Å². The Bertz CT molecular complexity index is 318. The molecule has 0 aliphatic carbocycles. The van der Waals surface area contributed by atoms with Crippen LogP contribution in [-0.4, -0.2) is 32.5 Å². The Morgan fingerprint density at radius 2 is 2.00 bits per heavy atom. The lowest BCUT2D eigenvalue weighted by atomic mass is 10.3. The SMILES string of the molecule is CCC(Cl)CNS(=O)(=O)NC(=O)OC(C)C. The molecular weight excluding hydrogens is 256 g/mol. The molecule has 0 bridgehead atoms. The molecule has 0 aliphatic rings. The van der Waals surface area contributed by atoms with Crippen molar-refractivity contribution in [2.45, 2.75) is 38.7 Å². The van der Waals surface area contributed by atoms with Crippen molar-refractivity contribution in [2.75, 3.05) is 6.54 Å². The monoisotopic (exact) mass is 272 g/mol. The summed E-state index contributed by atoms with van der Waals surface area (Å²) >= 11 is 5.72. The molecule has 1 atom stereocenters. The van der Waals surface area contributed by atoms with Crippen LogP contribution in [0.5, 0.6) is 0 Å². The van der Waals surface area contributed by atoms with Crippen molar-refractivity contribution in [1.29, 1.82) is 0 Å². The van der Waals surface area contributed by atoms with Gasteiger partial charge in [0.15, 0.2) is 0 Å². The molecule has 0 saturated carbocycles. The predicted molar refractivity (Wildman–Crippen MR) is 61.6 cm³/mol. The quantitative estimate of drug-likeness (QED) is 0.706. The minimum atomic E-state index is -3.89. The van der Waals surface area contributed by atoms with Gasteiger partial charge >= 0.3 is 16.3 Å². The zero-order valence-corrected chi connectivity index (χ0v) is 11.1. The topological polar surface area (TPSA) is 84.5 Å². The number of carbonyl (C=O) groups excluding carboxylic acids is 1. The molecule has 96 valence electrons. The predicted octanol–water partition coefficient (Wildman–Crippen LogP) is 0.973. The van der Waals surface area contributed by atoms with Gasteiger partial charge in [-0.05, 0) is 20.3 Å². The van der Waals surface area contributed by atoms with Crippen LogP contribution < -0.4 is 9.44 Å². The van der Waals surface area contributed by atoms with Crippen molar-refractivity contribution in [3.8, 4) is 0 Å². The molecule has 6 nitrogen and oxygen atoms in total. The highest BCUT2D eigenvalue weighted by molar-refractivity contribution is 7.88. The van der Waals surface area contributed by atoms with Gasteiger partial charge in [0, 0.05) is 11.9 Å². The van der Waals surface area contributed by atoms with Gasteiger partial charge in [-0.3, -0.25) is 0 Å². The number of hydrogen-bond acceptors (Lipinski definition) is 4. The Labute approximate surface area is 101 Å². The van der Waals surface area contributed by atoms with Crippen LogP contribution in [0, 0.1) is 0 Å². The summed E-state index contributed by atoms with van der Waals surface area (Å²) in [5, 5.41) is -0.308. The van der Waals surface area contributed by atoms with Crippen LogP contribution in [0.25, 0.3) is 0 Å². The van der Waals surface area contributed by atoms with E-state index in [1.54, 1.807) is 18.6 Å². The van der Waals surface area contributed by atoms with Crippen LogP contribution >= 0.6 is 11.6 Å². The molecule has 0 heterocycles. The Balaban J connectivity index is 4.10. The fraction of sp³-hybridized carbons (Fsp3) is 0.875. The van der Waals surface area contributed by atoms with Crippen molar-refractivity contribution in [3.05, 3.63) is 0 Å². The third kappa shape index (κ3) is 7.72. The molecule has 0 radical (unpaired) electrons. The first-order valence-electron chi connectivity index (χ1n) is 4.89. The van der Waals surface area contributed by atoms with Crippen molar-refractivity contribution in [1.82, 2.24) is 9.44 Å². The molecule has 0 rings (SSSR count). The highest BCUT2D eigenvalue weighted by atomic mass is 35.5. The molecule has 0 aromatic carbocycles. The maximum atomic E-state index is 11.3. The van der Waals surface area contributed by atoms with Crippen molar-refractivity contribution in [2.24, 2.45) is 0 Å². The number of amides is 1. The summed E-state index contributed by atoms with van der Waals surface area (Å²) in [6, 6.07) is 0. The fourth-order valence-electron chi connectivity index (χ4n) is 0.728. The van der Waals surface area contributed by atoms with Gasteiger partial charge in [-0.2, -0.15) is 13.1 Å². The average molecular weight is 273 g/mol. The maximum absolute atomic E-state index is 11.3. The Hall–Kier alpha value is -0.530. The van der Waals surface area contributed by atoms with Gasteiger partial charge in [0.05, 0.1) is 6.10 Å². The molecule has 0 aliphatic heterocycles. The lowest BCUT2D eigenvalue weighted by Crippen LogP contribution is -2.43. The van der Waals surface area contributed by atoms with Crippen molar-refractivity contribution in [3.63, 3.8) is 0 Å². The summed E-state index contributed by atoms with van der Waals surface area (Å²) in [4.78, 5) is 11.0. The molecule has 2 N–H and O–H groups in total. The number of halogens is 1. The number of nitrogens with one attached hydrogen (secondary N) is 2. The van der Waals surface area contributed by atoms with E-state index in [-0.39, 0.29) is 18.0 Å². The first-order chi connectivity index (χ1) is 7.26. The van der Waals surface area contributed by atoms with Crippen LogP contribution in [0.15, 0.2) is 0 Å². The van der Waals surface area contributed by atoms with Gasteiger partial charge in [-0.1, -0.05) is 6.92 Å². The number of rotatable bonds is 6. The van der Waals surface area contributed by atoms with Crippen LogP contribution in [0.1, 0.15) is 27.2 Å².